The lowest BCUT2D eigenvalue weighted by Crippen LogP contribution is -2.38. The van der Waals surface area contributed by atoms with Gasteiger partial charge in [0.2, 0.25) is 0 Å². The average Bonchev–Trinajstić information content (AvgIpc) is 2.50. The Balaban J connectivity index is 2.52. The molecule has 1 aromatic rings. The summed E-state index contributed by atoms with van der Waals surface area (Å²) in [4.78, 5) is 4.28. The second-order valence-corrected chi connectivity index (χ2v) is 4.15. The molecule has 0 aromatic carbocycles. The summed E-state index contributed by atoms with van der Waals surface area (Å²) in [6.07, 6.45) is 5.73. The van der Waals surface area contributed by atoms with Crippen LogP contribution in [0.15, 0.2) is 12.4 Å². The monoisotopic (exact) mass is 196 g/mol. The zero-order chi connectivity index (χ0) is 10.6. The minimum atomic E-state index is 0.316. The fourth-order valence-corrected chi connectivity index (χ4v) is 1.59. The molecule has 1 unspecified atom stereocenters. The largest absolute Gasteiger partial charge is 0.338 e. The summed E-state index contributed by atoms with van der Waals surface area (Å²) in [5.41, 5.74) is 2.85. The van der Waals surface area contributed by atoms with Gasteiger partial charge in [0.15, 0.2) is 0 Å². The molecule has 0 saturated carbocycles. The van der Waals surface area contributed by atoms with Crippen LogP contribution in [-0.4, -0.2) is 15.6 Å². The maximum atomic E-state index is 5.50. The lowest BCUT2D eigenvalue weighted by molar-refractivity contribution is 0.414. The number of rotatable bonds is 5. The van der Waals surface area contributed by atoms with Crippen molar-refractivity contribution in [3.05, 3.63) is 18.2 Å². The Labute approximate surface area is 85.5 Å². The summed E-state index contributed by atoms with van der Waals surface area (Å²) >= 11 is 0. The molecule has 14 heavy (non-hydrogen) atoms. The standard InChI is InChI=1S/C10H20N4/c1-8(2)6-9(13-11)7-10-12-4-5-14(10)3/h4-5,8-9,13H,6-7,11H2,1-3H3. The molecule has 0 aliphatic carbocycles. The average molecular weight is 196 g/mol. The van der Waals surface area contributed by atoms with E-state index in [1.807, 2.05) is 24.0 Å². The van der Waals surface area contributed by atoms with Crippen LogP contribution in [0.5, 0.6) is 0 Å². The lowest BCUT2D eigenvalue weighted by atomic mass is 10.0. The van der Waals surface area contributed by atoms with Gasteiger partial charge in [-0.3, -0.25) is 11.3 Å². The van der Waals surface area contributed by atoms with Crippen LogP contribution in [0.1, 0.15) is 26.1 Å². The third kappa shape index (κ3) is 3.12. The Morgan fingerprint density at radius 1 is 1.57 bits per heavy atom. The van der Waals surface area contributed by atoms with Gasteiger partial charge in [-0.1, -0.05) is 13.8 Å². The van der Waals surface area contributed by atoms with E-state index in [1.54, 1.807) is 0 Å². The van der Waals surface area contributed by atoms with Gasteiger partial charge in [0, 0.05) is 31.9 Å². The number of imidazole rings is 1. The summed E-state index contributed by atoms with van der Waals surface area (Å²) in [7, 11) is 2.01. The molecule has 0 amide bonds. The number of hydrogen-bond donors (Lipinski definition) is 2. The van der Waals surface area contributed by atoms with Gasteiger partial charge in [0.05, 0.1) is 0 Å². The Bertz CT molecular complexity index is 267. The molecule has 0 aliphatic heterocycles. The number of nitrogens with two attached hydrogens (primary N) is 1. The van der Waals surface area contributed by atoms with E-state index in [0.717, 1.165) is 18.7 Å². The minimum absolute atomic E-state index is 0.316. The first-order valence-electron chi connectivity index (χ1n) is 5.05. The van der Waals surface area contributed by atoms with Crippen molar-refractivity contribution in [2.75, 3.05) is 0 Å². The van der Waals surface area contributed by atoms with Crippen LogP contribution >= 0.6 is 0 Å². The third-order valence-corrected chi connectivity index (χ3v) is 2.34. The summed E-state index contributed by atoms with van der Waals surface area (Å²) < 4.78 is 2.03. The number of aromatic nitrogens is 2. The zero-order valence-corrected chi connectivity index (χ0v) is 9.20. The topological polar surface area (TPSA) is 55.9 Å². The van der Waals surface area contributed by atoms with Crippen molar-refractivity contribution in [2.45, 2.75) is 32.7 Å². The SMILES string of the molecule is CC(C)CC(Cc1nccn1C)NN. The number of hydrogen-bond acceptors (Lipinski definition) is 3. The van der Waals surface area contributed by atoms with E-state index in [1.165, 1.54) is 0 Å². The van der Waals surface area contributed by atoms with Crippen LogP contribution in [0.2, 0.25) is 0 Å². The fourth-order valence-electron chi connectivity index (χ4n) is 1.59. The second kappa shape index (κ2) is 5.12. The highest BCUT2D eigenvalue weighted by Crippen LogP contribution is 2.08. The maximum absolute atomic E-state index is 5.50. The maximum Gasteiger partial charge on any atom is 0.109 e. The van der Waals surface area contributed by atoms with Crippen molar-refractivity contribution in [1.29, 1.82) is 0 Å². The van der Waals surface area contributed by atoms with Gasteiger partial charge in [0.1, 0.15) is 5.82 Å². The molecule has 0 radical (unpaired) electrons. The smallest absolute Gasteiger partial charge is 0.109 e. The molecule has 4 heteroatoms. The molecule has 4 nitrogen and oxygen atoms in total. The first-order valence-corrected chi connectivity index (χ1v) is 5.05. The van der Waals surface area contributed by atoms with Gasteiger partial charge in [-0.25, -0.2) is 4.98 Å². The summed E-state index contributed by atoms with van der Waals surface area (Å²) in [5.74, 6) is 7.23. The van der Waals surface area contributed by atoms with Gasteiger partial charge in [-0.15, -0.1) is 0 Å². The molecule has 1 atom stereocenters. The van der Waals surface area contributed by atoms with Gasteiger partial charge in [0.25, 0.3) is 0 Å². The Morgan fingerprint density at radius 3 is 2.71 bits per heavy atom. The van der Waals surface area contributed by atoms with E-state index in [0.29, 0.717) is 12.0 Å². The predicted octanol–water partition coefficient (Wildman–Crippen LogP) is 0.841. The van der Waals surface area contributed by atoms with Crippen LogP contribution in [0.4, 0.5) is 0 Å². The number of nitrogens with zero attached hydrogens (tertiary/aromatic N) is 2. The van der Waals surface area contributed by atoms with Gasteiger partial charge in [-0.05, 0) is 12.3 Å². The Hall–Kier alpha value is -0.870. The first kappa shape index (κ1) is 11.2. The van der Waals surface area contributed by atoms with E-state index in [9.17, 15) is 0 Å². The molecule has 1 aromatic heterocycles. The van der Waals surface area contributed by atoms with Crippen molar-refractivity contribution in [1.82, 2.24) is 15.0 Å². The lowest BCUT2D eigenvalue weighted by Gasteiger charge is -2.17. The van der Waals surface area contributed by atoms with Gasteiger partial charge < -0.3 is 4.57 Å². The van der Waals surface area contributed by atoms with Crippen molar-refractivity contribution in [2.24, 2.45) is 18.8 Å². The van der Waals surface area contributed by atoms with Crippen molar-refractivity contribution in [3.63, 3.8) is 0 Å². The first-order chi connectivity index (χ1) is 6.63. The predicted molar refractivity (Wildman–Crippen MR) is 57.5 cm³/mol. The van der Waals surface area contributed by atoms with E-state index in [4.69, 9.17) is 5.84 Å². The quantitative estimate of drug-likeness (QED) is 0.542. The van der Waals surface area contributed by atoms with E-state index in [-0.39, 0.29) is 0 Å². The molecule has 1 rings (SSSR count). The molecule has 0 saturated heterocycles. The molecule has 1 heterocycles. The number of hydrazine groups is 1. The van der Waals surface area contributed by atoms with Crippen LogP contribution in [0, 0.1) is 5.92 Å². The zero-order valence-electron chi connectivity index (χ0n) is 9.20. The fraction of sp³-hybridized carbons (Fsp3) is 0.700. The minimum Gasteiger partial charge on any atom is -0.338 e. The molecular formula is C10H20N4. The number of aryl methyl sites for hydroxylation is 1. The van der Waals surface area contributed by atoms with E-state index in [2.05, 4.69) is 24.3 Å². The van der Waals surface area contributed by atoms with E-state index >= 15 is 0 Å². The number of nitrogens with one attached hydrogen (secondary N) is 1. The molecule has 0 aliphatic rings. The summed E-state index contributed by atoms with van der Waals surface area (Å²) in [6, 6.07) is 0.316. The molecule has 0 fully saturated rings. The van der Waals surface area contributed by atoms with Crippen LogP contribution in [0.25, 0.3) is 0 Å². The molecule has 0 bridgehead atoms. The van der Waals surface area contributed by atoms with Crippen molar-refractivity contribution >= 4 is 0 Å². The van der Waals surface area contributed by atoms with Crippen molar-refractivity contribution in [3.8, 4) is 0 Å². The van der Waals surface area contributed by atoms with Crippen LogP contribution in [-0.2, 0) is 13.5 Å². The Morgan fingerprint density at radius 2 is 2.29 bits per heavy atom. The van der Waals surface area contributed by atoms with Crippen molar-refractivity contribution < 1.29 is 0 Å². The van der Waals surface area contributed by atoms with E-state index < -0.39 is 0 Å². The highest BCUT2D eigenvalue weighted by molar-refractivity contribution is 4.94. The molecule has 3 N–H and O–H groups in total. The van der Waals surface area contributed by atoms with Gasteiger partial charge in [-0.2, -0.15) is 0 Å². The molecular weight excluding hydrogens is 176 g/mol. The molecule has 80 valence electrons. The molecule has 0 spiro atoms. The Kier molecular flexibility index (Phi) is 4.10. The third-order valence-electron chi connectivity index (χ3n) is 2.34. The van der Waals surface area contributed by atoms with Gasteiger partial charge >= 0.3 is 0 Å². The van der Waals surface area contributed by atoms with Crippen LogP contribution in [0.3, 0.4) is 0 Å². The second-order valence-electron chi connectivity index (χ2n) is 4.15. The highest BCUT2D eigenvalue weighted by atomic mass is 15.2. The summed E-state index contributed by atoms with van der Waals surface area (Å²) in [5, 5.41) is 0. The summed E-state index contributed by atoms with van der Waals surface area (Å²) in [6.45, 7) is 4.39. The normalized spacial score (nSPS) is 13.5. The van der Waals surface area contributed by atoms with Crippen LogP contribution < -0.4 is 11.3 Å². The highest BCUT2D eigenvalue weighted by Gasteiger charge is 2.12.